The molecule has 2 aromatic carbocycles. The number of benzene rings is 2. The Kier molecular flexibility index (Phi) is 8.02. The smallest absolute Gasteiger partial charge is 0.0377 e. The summed E-state index contributed by atoms with van der Waals surface area (Å²) in [6, 6.07) is 16.6. The zero-order chi connectivity index (χ0) is 15.5. The van der Waals surface area contributed by atoms with E-state index < -0.39 is 0 Å². The van der Waals surface area contributed by atoms with Crippen molar-refractivity contribution < 1.29 is 0 Å². The van der Waals surface area contributed by atoms with Gasteiger partial charge in [0.15, 0.2) is 0 Å². The fraction of sp³-hybridized carbons (Fsp3) is 0.524. The topological polar surface area (TPSA) is 15.3 Å². The third-order valence-corrected chi connectivity index (χ3v) is 5.76. The van der Waals surface area contributed by atoms with Crippen molar-refractivity contribution in [1.29, 1.82) is 0 Å². The van der Waals surface area contributed by atoms with Gasteiger partial charge in [-0.3, -0.25) is 4.90 Å². The lowest BCUT2D eigenvalue weighted by molar-refractivity contribution is 0.103. The number of piperazine rings is 1. The van der Waals surface area contributed by atoms with Crippen LogP contribution in [0.4, 0.5) is 0 Å². The van der Waals surface area contributed by atoms with E-state index in [-0.39, 0.29) is 24.8 Å². The monoisotopic (exact) mass is 380 g/mol. The number of nitrogens with one attached hydrogen (secondary N) is 1. The molecular weight excluding hydrogens is 351 g/mol. The van der Waals surface area contributed by atoms with Gasteiger partial charge in [-0.2, -0.15) is 0 Å². The molecule has 1 saturated heterocycles. The Morgan fingerprint density at radius 2 is 1.52 bits per heavy atom. The summed E-state index contributed by atoms with van der Waals surface area (Å²) >= 11 is 0. The predicted octanol–water partition coefficient (Wildman–Crippen LogP) is 5.21. The molecule has 2 aromatic rings. The Bertz CT molecular complexity index is 631. The maximum atomic E-state index is 3.51. The second-order valence-electron chi connectivity index (χ2n) is 7.24. The first-order valence-electron chi connectivity index (χ1n) is 9.35. The minimum Gasteiger partial charge on any atom is -0.314 e. The van der Waals surface area contributed by atoms with Crippen molar-refractivity contribution in [3.05, 3.63) is 48.0 Å². The van der Waals surface area contributed by atoms with Gasteiger partial charge in [-0.15, -0.1) is 24.8 Å². The number of hydrogen-bond donors (Lipinski definition) is 1. The fourth-order valence-electron chi connectivity index (χ4n) is 4.58. The van der Waals surface area contributed by atoms with E-state index in [0.29, 0.717) is 6.04 Å². The molecule has 1 atom stereocenters. The van der Waals surface area contributed by atoms with Crippen molar-refractivity contribution in [2.45, 2.75) is 38.1 Å². The highest BCUT2D eigenvalue weighted by atomic mass is 35.5. The van der Waals surface area contributed by atoms with Crippen LogP contribution in [0.3, 0.4) is 0 Å². The minimum atomic E-state index is 0. The number of nitrogens with zero attached hydrogens (tertiary/aromatic N) is 1. The Balaban J connectivity index is 0.00000113. The average Bonchev–Trinajstić information content (AvgIpc) is 2.64. The number of rotatable bonds is 3. The molecule has 4 rings (SSSR count). The van der Waals surface area contributed by atoms with Gasteiger partial charge in [0, 0.05) is 32.2 Å². The Hall–Kier alpha value is -0.800. The van der Waals surface area contributed by atoms with E-state index in [1.165, 1.54) is 61.5 Å². The zero-order valence-electron chi connectivity index (χ0n) is 14.8. The lowest BCUT2D eigenvalue weighted by Gasteiger charge is -2.41. The standard InChI is InChI=1S/C21H28N2.2ClH/c1-2-7-18(8-3-1)21(23-14-12-22-13-15-23)20-11-10-17-6-4-5-9-19(17)16-20;;/h4-6,9-11,16,18,21-22H,1-3,7-8,12-15H2;2*1H/t21-;;/m0../s1. The van der Waals surface area contributed by atoms with Gasteiger partial charge in [0.25, 0.3) is 0 Å². The SMILES string of the molecule is Cl.Cl.c1ccc2cc([C@H](C3CCCCC3)N3CCNCC3)ccc2c1. The molecule has 4 heteroatoms. The molecule has 1 aliphatic heterocycles. The summed E-state index contributed by atoms with van der Waals surface area (Å²) < 4.78 is 0. The molecular formula is C21H30Cl2N2. The maximum Gasteiger partial charge on any atom is 0.0377 e. The summed E-state index contributed by atoms with van der Waals surface area (Å²) in [4.78, 5) is 2.75. The molecule has 2 fully saturated rings. The normalized spacial score (nSPS) is 20.5. The van der Waals surface area contributed by atoms with E-state index >= 15 is 0 Å². The summed E-state index contributed by atoms with van der Waals surface area (Å²) in [6.45, 7) is 4.65. The first-order chi connectivity index (χ1) is 11.4. The van der Waals surface area contributed by atoms with Gasteiger partial charge in [-0.25, -0.2) is 0 Å². The second-order valence-corrected chi connectivity index (χ2v) is 7.24. The molecule has 1 aliphatic carbocycles. The van der Waals surface area contributed by atoms with E-state index in [0.717, 1.165) is 19.0 Å². The summed E-state index contributed by atoms with van der Waals surface area (Å²) in [5.74, 6) is 0.836. The molecule has 0 radical (unpaired) electrons. The van der Waals surface area contributed by atoms with Crippen molar-refractivity contribution in [1.82, 2.24) is 10.2 Å². The molecule has 25 heavy (non-hydrogen) atoms. The molecule has 2 nitrogen and oxygen atoms in total. The molecule has 1 heterocycles. The fourth-order valence-corrected chi connectivity index (χ4v) is 4.58. The van der Waals surface area contributed by atoms with Gasteiger partial charge in [0.05, 0.1) is 0 Å². The van der Waals surface area contributed by atoms with Crippen LogP contribution in [0, 0.1) is 5.92 Å². The summed E-state index contributed by atoms with van der Waals surface area (Å²) in [5.41, 5.74) is 1.54. The van der Waals surface area contributed by atoms with Gasteiger partial charge in [-0.1, -0.05) is 55.7 Å². The van der Waals surface area contributed by atoms with Crippen LogP contribution in [0.25, 0.3) is 10.8 Å². The largest absolute Gasteiger partial charge is 0.314 e. The molecule has 1 saturated carbocycles. The first kappa shape index (κ1) is 20.5. The molecule has 0 spiro atoms. The van der Waals surface area contributed by atoms with Crippen molar-refractivity contribution in [2.24, 2.45) is 5.92 Å². The minimum absolute atomic E-state index is 0. The van der Waals surface area contributed by atoms with E-state index in [9.17, 15) is 0 Å². The van der Waals surface area contributed by atoms with Crippen LogP contribution < -0.4 is 5.32 Å². The van der Waals surface area contributed by atoms with Crippen molar-refractivity contribution in [2.75, 3.05) is 26.2 Å². The van der Waals surface area contributed by atoms with E-state index in [4.69, 9.17) is 0 Å². The average molecular weight is 381 g/mol. The molecule has 138 valence electrons. The van der Waals surface area contributed by atoms with Crippen LogP contribution in [-0.4, -0.2) is 31.1 Å². The molecule has 2 aliphatic rings. The van der Waals surface area contributed by atoms with Crippen LogP contribution in [0.1, 0.15) is 43.7 Å². The van der Waals surface area contributed by atoms with E-state index in [1.807, 2.05) is 0 Å². The number of hydrogen-bond acceptors (Lipinski definition) is 2. The van der Waals surface area contributed by atoms with Gasteiger partial charge >= 0.3 is 0 Å². The van der Waals surface area contributed by atoms with Gasteiger partial charge < -0.3 is 5.32 Å². The van der Waals surface area contributed by atoms with Gasteiger partial charge in [-0.05, 0) is 41.2 Å². The maximum absolute atomic E-state index is 3.51. The van der Waals surface area contributed by atoms with Gasteiger partial charge in [0.2, 0.25) is 0 Å². The predicted molar refractivity (Wildman–Crippen MR) is 112 cm³/mol. The summed E-state index contributed by atoms with van der Waals surface area (Å²) in [7, 11) is 0. The third kappa shape index (κ3) is 4.68. The van der Waals surface area contributed by atoms with Crippen LogP contribution in [0.15, 0.2) is 42.5 Å². The summed E-state index contributed by atoms with van der Waals surface area (Å²) in [5, 5.41) is 6.26. The van der Waals surface area contributed by atoms with Crippen LogP contribution in [0.5, 0.6) is 0 Å². The number of fused-ring (bicyclic) bond motifs is 1. The van der Waals surface area contributed by atoms with E-state index in [1.54, 1.807) is 0 Å². The molecule has 0 amide bonds. The quantitative estimate of drug-likeness (QED) is 0.785. The Labute approximate surface area is 164 Å². The number of halogens is 2. The van der Waals surface area contributed by atoms with Crippen LogP contribution in [0.2, 0.25) is 0 Å². The molecule has 0 bridgehead atoms. The Morgan fingerprint density at radius 1 is 0.840 bits per heavy atom. The lowest BCUT2D eigenvalue weighted by atomic mass is 9.80. The van der Waals surface area contributed by atoms with Crippen LogP contribution in [-0.2, 0) is 0 Å². The van der Waals surface area contributed by atoms with Crippen molar-refractivity contribution in [3.8, 4) is 0 Å². The molecule has 0 aromatic heterocycles. The highest BCUT2D eigenvalue weighted by Crippen LogP contribution is 2.39. The van der Waals surface area contributed by atoms with Crippen LogP contribution >= 0.6 is 24.8 Å². The molecule has 1 N–H and O–H groups in total. The first-order valence-corrected chi connectivity index (χ1v) is 9.35. The third-order valence-electron chi connectivity index (χ3n) is 5.76. The second kappa shape index (κ2) is 9.78. The van der Waals surface area contributed by atoms with Crippen molar-refractivity contribution >= 4 is 35.6 Å². The highest BCUT2D eigenvalue weighted by Gasteiger charge is 2.30. The lowest BCUT2D eigenvalue weighted by Crippen LogP contribution is -2.47. The van der Waals surface area contributed by atoms with E-state index in [2.05, 4.69) is 52.7 Å². The zero-order valence-corrected chi connectivity index (χ0v) is 16.5. The van der Waals surface area contributed by atoms with Gasteiger partial charge in [0.1, 0.15) is 0 Å². The Morgan fingerprint density at radius 3 is 2.24 bits per heavy atom. The van der Waals surface area contributed by atoms with Crippen molar-refractivity contribution in [3.63, 3.8) is 0 Å². The molecule has 0 unspecified atom stereocenters. The highest BCUT2D eigenvalue weighted by molar-refractivity contribution is 5.85. The summed E-state index contributed by atoms with van der Waals surface area (Å²) in [6.07, 6.45) is 7.08.